The minimum Gasteiger partial charge on any atom is -0.493 e. The highest BCUT2D eigenvalue weighted by molar-refractivity contribution is 5.91. The first-order valence-corrected chi connectivity index (χ1v) is 10.4. The number of ether oxygens (including phenoxy) is 3. The number of aromatic nitrogens is 1. The van der Waals surface area contributed by atoms with Crippen LogP contribution in [0, 0.1) is 5.92 Å². The molecule has 9 nitrogen and oxygen atoms in total. The Hall–Kier alpha value is -3.72. The second-order valence-corrected chi connectivity index (χ2v) is 7.59. The van der Waals surface area contributed by atoms with Gasteiger partial charge in [0.15, 0.2) is 17.3 Å². The van der Waals surface area contributed by atoms with Crippen LogP contribution in [-0.2, 0) is 4.84 Å². The zero-order valence-corrected chi connectivity index (χ0v) is 19.7. The van der Waals surface area contributed by atoms with Crippen LogP contribution in [0.3, 0.4) is 0 Å². The maximum Gasteiger partial charge on any atom is 0.346 e. The highest BCUT2D eigenvalue weighted by atomic mass is 16.7. The molecule has 0 unspecified atom stereocenters. The largest absolute Gasteiger partial charge is 0.493 e. The third-order valence-electron chi connectivity index (χ3n) is 4.92. The van der Waals surface area contributed by atoms with Gasteiger partial charge in [0.05, 0.1) is 40.3 Å². The first-order valence-electron chi connectivity index (χ1n) is 10.4. The second-order valence-electron chi connectivity index (χ2n) is 7.59. The van der Waals surface area contributed by atoms with Gasteiger partial charge in [0, 0.05) is 17.7 Å². The average Bonchev–Trinajstić information content (AvgIpc) is 3.32. The van der Waals surface area contributed by atoms with E-state index in [1.807, 2.05) is 32.0 Å². The van der Waals surface area contributed by atoms with Crippen molar-refractivity contribution in [2.45, 2.75) is 13.8 Å². The van der Waals surface area contributed by atoms with Gasteiger partial charge in [-0.1, -0.05) is 31.1 Å². The van der Waals surface area contributed by atoms with E-state index >= 15 is 0 Å². The van der Waals surface area contributed by atoms with E-state index in [9.17, 15) is 4.79 Å². The summed E-state index contributed by atoms with van der Waals surface area (Å²) in [5.74, 6) is 2.30. The van der Waals surface area contributed by atoms with Crippen molar-refractivity contribution in [3.8, 4) is 39.7 Å². The van der Waals surface area contributed by atoms with Crippen molar-refractivity contribution in [3.63, 3.8) is 0 Å². The molecule has 0 aliphatic heterocycles. The Morgan fingerprint density at radius 2 is 1.73 bits per heavy atom. The fraction of sp³-hybridized carbons (Fsp3) is 0.333. The fourth-order valence-corrected chi connectivity index (χ4v) is 3.33. The number of anilines is 1. The summed E-state index contributed by atoms with van der Waals surface area (Å²) >= 11 is 0. The molecule has 0 radical (unpaired) electrons. The third-order valence-corrected chi connectivity index (χ3v) is 4.92. The molecule has 3 rings (SSSR count). The van der Waals surface area contributed by atoms with Crippen LogP contribution in [0.5, 0.6) is 17.2 Å². The standard InChI is InChI=1S/C24H29N3O6/c1-15(2)13-25-24(28)27(32-6)18-9-7-8-16(10-18)19-14-26-33-22(19)17-11-20(29-3)23(31-5)21(12-17)30-4/h7-12,14-15H,13H2,1-6H3,(H,25,28). The minimum absolute atomic E-state index is 0.317. The molecule has 0 saturated heterocycles. The Balaban J connectivity index is 2.00. The average molecular weight is 456 g/mol. The fourth-order valence-electron chi connectivity index (χ4n) is 3.33. The van der Waals surface area contributed by atoms with Crippen molar-refractivity contribution >= 4 is 11.7 Å². The van der Waals surface area contributed by atoms with Crippen LogP contribution in [0.25, 0.3) is 22.5 Å². The summed E-state index contributed by atoms with van der Waals surface area (Å²) in [6.07, 6.45) is 1.62. The van der Waals surface area contributed by atoms with Gasteiger partial charge in [-0.25, -0.2) is 4.79 Å². The Kier molecular flexibility index (Phi) is 7.78. The number of urea groups is 1. The predicted octanol–water partition coefficient (Wildman–Crippen LogP) is 4.77. The maximum atomic E-state index is 12.6. The number of hydroxylamine groups is 1. The molecule has 0 aliphatic carbocycles. The minimum atomic E-state index is -0.349. The van der Waals surface area contributed by atoms with Crippen LogP contribution < -0.4 is 24.6 Å². The van der Waals surface area contributed by atoms with Gasteiger partial charge in [-0.2, -0.15) is 5.06 Å². The van der Waals surface area contributed by atoms with E-state index in [2.05, 4.69) is 10.5 Å². The number of hydrogen-bond donors (Lipinski definition) is 1. The highest BCUT2D eigenvalue weighted by Gasteiger charge is 2.21. The lowest BCUT2D eigenvalue weighted by molar-refractivity contribution is 0.162. The van der Waals surface area contributed by atoms with Gasteiger partial charge in [0.25, 0.3) is 0 Å². The summed E-state index contributed by atoms with van der Waals surface area (Å²) in [5.41, 5.74) is 2.77. The van der Waals surface area contributed by atoms with Crippen LogP contribution in [-0.4, -0.2) is 46.2 Å². The summed E-state index contributed by atoms with van der Waals surface area (Å²) in [6.45, 7) is 4.58. The Labute approximate surface area is 193 Å². The number of rotatable bonds is 9. The normalized spacial score (nSPS) is 10.8. The molecule has 0 spiro atoms. The molecule has 1 N–H and O–H groups in total. The molecule has 176 valence electrons. The van der Waals surface area contributed by atoms with E-state index in [-0.39, 0.29) is 6.03 Å². The van der Waals surface area contributed by atoms with Crippen LogP contribution in [0.15, 0.2) is 47.1 Å². The smallest absolute Gasteiger partial charge is 0.346 e. The van der Waals surface area contributed by atoms with Gasteiger partial charge in [0.1, 0.15) is 0 Å². The van der Waals surface area contributed by atoms with Crippen LogP contribution in [0.4, 0.5) is 10.5 Å². The number of nitrogens with one attached hydrogen (secondary N) is 1. The molecular formula is C24H29N3O6. The van der Waals surface area contributed by atoms with Gasteiger partial charge < -0.3 is 24.1 Å². The molecule has 0 atom stereocenters. The van der Waals surface area contributed by atoms with E-state index in [1.54, 1.807) is 45.7 Å². The van der Waals surface area contributed by atoms with E-state index in [1.165, 1.54) is 12.2 Å². The van der Waals surface area contributed by atoms with Gasteiger partial charge in [-0.05, 0) is 35.7 Å². The molecule has 2 aromatic carbocycles. The lowest BCUT2D eigenvalue weighted by Crippen LogP contribution is -2.40. The van der Waals surface area contributed by atoms with Crippen LogP contribution in [0.1, 0.15) is 13.8 Å². The third kappa shape index (κ3) is 5.20. The summed E-state index contributed by atoms with van der Waals surface area (Å²) in [6, 6.07) is 10.6. The van der Waals surface area contributed by atoms with Gasteiger partial charge in [-0.3, -0.25) is 4.84 Å². The topological polar surface area (TPSA) is 95.3 Å². The lowest BCUT2D eigenvalue weighted by Gasteiger charge is -2.21. The molecule has 9 heteroatoms. The van der Waals surface area contributed by atoms with E-state index in [0.29, 0.717) is 46.7 Å². The summed E-state index contributed by atoms with van der Waals surface area (Å²) in [5, 5.41) is 8.05. The van der Waals surface area contributed by atoms with Crippen molar-refractivity contribution in [2.75, 3.05) is 40.0 Å². The summed E-state index contributed by atoms with van der Waals surface area (Å²) < 4.78 is 21.9. The monoisotopic (exact) mass is 455 g/mol. The number of hydrogen-bond acceptors (Lipinski definition) is 7. The molecule has 0 saturated carbocycles. The summed E-state index contributed by atoms with van der Waals surface area (Å²) in [7, 11) is 6.09. The molecular weight excluding hydrogens is 426 g/mol. The number of carbonyl (C=O) groups is 1. The van der Waals surface area contributed by atoms with Gasteiger partial charge in [0.2, 0.25) is 5.75 Å². The number of methoxy groups -OCH3 is 3. The van der Waals surface area contributed by atoms with Gasteiger partial charge in [-0.15, -0.1) is 0 Å². The number of benzene rings is 2. The molecule has 0 bridgehead atoms. The quantitative estimate of drug-likeness (QED) is 0.465. The van der Waals surface area contributed by atoms with E-state index in [4.69, 9.17) is 23.6 Å². The first kappa shape index (κ1) is 23.9. The second kappa shape index (κ2) is 10.7. The molecule has 1 heterocycles. The number of amides is 2. The molecule has 2 amide bonds. The highest BCUT2D eigenvalue weighted by Crippen LogP contribution is 2.43. The Morgan fingerprint density at radius 3 is 2.30 bits per heavy atom. The van der Waals surface area contributed by atoms with Crippen molar-refractivity contribution in [1.29, 1.82) is 0 Å². The lowest BCUT2D eigenvalue weighted by atomic mass is 10.0. The van der Waals surface area contributed by atoms with Crippen molar-refractivity contribution in [3.05, 3.63) is 42.6 Å². The Bertz CT molecular complexity index is 1070. The van der Waals surface area contributed by atoms with E-state index < -0.39 is 0 Å². The zero-order chi connectivity index (χ0) is 24.0. The molecule has 0 aliphatic rings. The first-order chi connectivity index (χ1) is 15.9. The molecule has 3 aromatic rings. The predicted molar refractivity (Wildman–Crippen MR) is 125 cm³/mol. The number of nitrogens with zero attached hydrogens (tertiary/aromatic N) is 2. The molecule has 0 fully saturated rings. The SMILES string of the molecule is COc1cc(-c2oncc2-c2cccc(N(OC)C(=O)NCC(C)C)c2)cc(OC)c1OC. The van der Waals surface area contributed by atoms with Crippen molar-refractivity contribution in [2.24, 2.45) is 5.92 Å². The molecule has 33 heavy (non-hydrogen) atoms. The maximum absolute atomic E-state index is 12.6. The van der Waals surface area contributed by atoms with Crippen LogP contribution in [0.2, 0.25) is 0 Å². The molecule has 1 aromatic heterocycles. The van der Waals surface area contributed by atoms with E-state index in [0.717, 1.165) is 11.1 Å². The van der Waals surface area contributed by atoms with Crippen LogP contribution >= 0.6 is 0 Å². The van der Waals surface area contributed by atoms with Crippen molar-refractivity contribution < 1.29 is 28.4 Å². The van der Waals surface area contributed by atoms with Gasteiger partial charge >= 0.3 is 6.03 Å². The number of carbonyl (C=O) groups excluding carboxylic acids is 1. The summed E-state index contributed by atoms with van der Waals surface area (Å²) in [4.78, 5) is 17.9. The zero-order valence-electron chi connectivity index (χ0n) is 19.7. The van der Waals surface area contributed by atoms with Crippen molar-refractivity contribution in [1.82, 2.24) is 10.5 Å². The Morgan fingerprint density at radius 1 is 1.03 bits per heavy atom.